The summed E-state index contributed by atoms with van der Waals surface area (Å²) >= 11 is 0. The number of carbonyl (C=O) groups is 2. The maximum Gasteiger partial charge on any atom is 0.313 e. The first kappa shape index (κ1) is 17.1. The van der Waals surface area contributed by atoms with Crippen molar-refractivity contribution >= 4 is 17.5 Å². The molecule has 1 aliphatic heterocycles. The summed E-state index contributed by atoms with van der Waals surface area (Å²) in [6.07, 6.45) is 5.49. The van der Waals surface area contributed by atoms with Crippen molar-refractivity contribution in [2.24, 2.45) is 0 Å². The molecule has 0 aliphatic carbocycles. The van der Waals surface area contributed by atoms with Gasteiger partial charge in [0.05, 0.1) is 0 Å². The number of hydrogen-bond acceptors (Lipinski definition) is 4. The fourth-order valence-corrected chi connectivity index (χ4v) is 3.03. The first-order valence-corrected chi connectivity index (χ1v) is 8.49. The summed E-state index contributed by atoms with van der Waals surface area (Å²) < 4.78 is 0. The number of carbonyl (C=O) groups excluding carboxylic acids is 2. The lowest BCUT2D eigenvalue weighted by atomic mass is 10.0. The zero-order valence-electron chi connectivity index (χ0n) is 14.0. The molecule has 130 valence electrons. The molecule has 6 nitrogen and oxygen atoms in total. The van der Waals surface area contributed by atoms with Crippen LogP contribution in [0.3, 0.4) is 0 Å². The van der Waals surface area contributed by atoms with Crippen LogP contribution in [-0.2, 0) is 16.1 Å². The van der Waals surface area contributed by atoms with E-state index in [2.05, 4.69) is 20.5 Å². The number of hydrogen-bond donors (Lipinski definition) is 2. The Labute approximate surface area is 147 Å². The number of amides is 2. The molecule has 1 aromatic carbocycles. The molecule has 3 rings (SSSR count). The second-order valence-corrected chi connectivity index (χ2v) is 6.23. The van der Waals surface area contributed by atoms with Crippen LogP contribution in [0.25, 0.3) is 0 Å². The topological polar surface area (TPSA) is 74.3 Å². The summed E-state index contributed by atoms with van der Waals surface area (Å²) in [5.41, 5.74) is 1.76. The maximum absolute atomic E-state index is 12.1. The Morgan fingerprint density at radius 3 is 2.72 bits per heavy atom. The predicted octanol–water partition coefficient (Wildman–Crippen LogP) is 1.80. The Balaban J connectivity index is 1.50. The molecule has 2 aromatic rings. The summed E-state index contributed by atoms with van der Waals surface area (Å²) in [7, 11) is 0. The molecule has 1 unspecified atom stereocenters. The van der Waals surface area contributed by atoms with Crippen molar-refractivity contribution in [3.05, 3.63) is 60.4 Å². The van der Waals surface area contributed by atoms with Crippen LogP contribution >= 0.6 is 0 Å². The van der Waals surface area contributed by atoms with Crippen molar-refractivity contribution in [1.82, 2.24) is 15.2 Å². The maximum atomic E-state index is 12.1. The lowest BCUT2D eigenvalue weighted by molar-refractivity contribution is -0.136. The van der Waals surface area contributed by atoms with Gasteiger partial charge in [-0.05, 0) is 43.1 Å². The van der Waals surface area contributed by atoms with Gasteiger partial charge in [0, 0.05) is 37.2 Å². The smallest absolute Gasteiger partial charge is 0.313 e. The number of benzene rings is 1. The second-order valence-electron chi connectivity index (χ2n) is 6.23. The van der Waals surface area contributed by atoms with Gasteiger partial charge in [-0.2, -0.15) is 0 Å². The number of nitrogens with zero attached hydrogens (tertiary/aromatic N) is 2. The molecular weight excluding hydrogens is 316 g/mol. The van der Waals surface area contributed by atoms with E-state index in [-0.39, 0.29) is 6.04 Å². The zero-order chi connectivity index (χ0) is 17.5. The van der Waals surface area contributed by atoms with E-state index in [1.807, 2.05) is 36.5 Å². The number of anilines is 1. The lowest BCUT2D eigenvalue weighted by Crippen LogP contribution is -2.50. The van der Waals surface area contributed by atoms with Crippen molar-refractivity contribution in [1.29, 1.82) is 0 Å². The predicted molar refractivity (Wildman–Crippen MR) is 95.8 cm³/mol. The van der Waals surface area contributed by atoms with Gasteiger partial charge in [-0.25, -0.2) is 0 Å². The number of piperidine rings is 1. The SMILES string of the molecule is O=C(Nc1ccccc1)C(=O)NC1CCCN(Cc2cccnc2)C1. The highest BCUT2D eigenvalue weighted by atomic mass is 16.2. The molecule has 1 atom stereocenters. The first-order chi connectivity index (χ1) is 12.2. The zero-order valence-corrected chi connectivity index (χ0v) is 14.0. The summed E-state index contributed by atoms with van der Waals surface area (Å²) in [6.45, 7) is 2.52. The number of nitrogens with one attached hydrogen (secondary N) is 2. The van der Waals surface area contributed by atoms with Crippen molar-refractivity contribution in [2.75, 3.05) is 18.4 Å². The van der Waals surface area contributed by atoms with E-state index in [1.54, 1.807) is 18.3 Å². The summed E-state index contributed by atoms with van der Waals surface area (Å²) in [5.74, 6) is -1.22. The largest absolute Gasteiger partial charge is 0.344 e. The minimum absolute atomic E-state index is 0.0144. The molecule has 1 saturated heterocycles. The molecule has 25 heavy (non-hydrogen) atoms. The third-order valence-electron chi connectivity index (χ3n) is 4.21. The van der Waals surface area contributed by atoms with E-state index in [1.165, 1.54) is 0 Å². The average Bonchev–Trinajstić information content (AvgIpc) is 2.63. The van der Waals surface area contributed by atoms with Gasteiger partial charge in [-0.3, -0.25) is 19.5 Å². The number of para-hydroxylation sites is 1. The minimum Gasteiger partial charge on any atom is -0.344 e. The van der Waals surface area contributed by atoms with E-state index in [0.717, 1.165) is 38.0 Å². The second kappa shape index (κ2) is 8.39. The Morgan fingerprint density at radius 1 is 1.12 bits per heavy atom. The molecule has 0 bridgehead atoms. The fraction of sp³-hybridized carbons (Fsp3) is 0.316. The standard InChI is InChI=1S/C19H22N4O2/c24-18(21-16-7-2-1-3-8-16)19(25)22-17-9-5-11-23(14-17)13-15-6-4-10-20-12-15/h1-4,6-8,10,12,17H,5,9,11,13-14H2,(H,21,24)(H,22,25). The molecule has 2 heterocycles. The van der Waals surface area contributed by atoms with Gasteiger partial charge in [0.1, 0.15) is 0 Å². The van der Waals surface area contributed by atoms with E-state index < -0.39 is 11.8 Å². The van der Waals surface area contributed by atoms with Crippen LogP contribution in [0, 0.1) is 0 Å². The number of likely N-dealkylation sites (tertiary alicyclic amines) is 1. The fourth-order valence-electron chi connectivity index (χ4n) is 3.03. The average molecular weight is 338 g/mol. The van der Waals surface area contributed by atoms with Crippen molar-refractivity contribution in [3.63, 3.8) is 0 Å². The quantitative estimate of drug-likeness (QED) is 0.834. The first-order valence-electron chi connectivity index (χ1n) is 8.49. The Hall–Kier alpha value is -2.73. The van der Waals surface area contributed by atoms with Crippen molar-refractivity contribution < 1.29 is 9.59 Å². The highest BCUT2D eigenvalue weighted by Gasteiger charge is 2.24. The van der Waals surface area contributed by atoms with Crippen LogP contribution in [0.5, 0.6) is 0 Å². The van der Waals surface area contributed by atoms with E-state index in [0.29, 0.717) is 5.69 Å². The third kappa shape index (κ3) is 5.12. The van der Waals surface area contributed by atoms with E-state index in [9.17, 15) is 9.59 Å². The van der Waals surface area contributed by atoms with Gasteiger partial charge in [0.2, 0.25) is 0 Å². The third-order valence-corrected chi connectivity index (χ3v) is 4.21. The monoisotopic (exact) mass is 338 g/mol. The molecule has 1 aliphatic rings. The van der Waals surface area contributed by atoms with Gasteiger partial charge in [-0.1, -0.05) is 24.3 Å². The van der Waals surface area contributed by atoms with Crippen LogP contribution in [-0.4, -0.2) is 40.8 Å². The molecule has 6 heteroatoms. The Morgan fingerprint density at radius 2 is 1.96 bits per heavy atom. The Kier molecular flexibility index (Phi) is 5.74. The van der Waals surface area contributed by atoms with Gasteiger partial charge in [0.15, 0.2) is 0 Å². The minimum atomic E-state index is -0.629. The highest BCUT2D eigenvalue weighted by Crippen LogP contribution is 2.13. The van der Waals surface area contributed by atoms with Gasteiger partial charge in [-0.15, -0.1) is 0 Å². The van der Waals surface area contributed by atoms with Crippen LogP contribution in [0.15, 0.2) is 54.9 Å². The molecule has 1 fully saturated rings. The Bertz CT molecular complexity index is 706. The molecule has 0 radical (unpaired) electrons. The van der Waals surface area contributed by atoms with E-state index in [4.69, 9.17) is 0 Å². The van der Waals surface area contributed by atoms with Crippen molar-refractivity contribution in [2.45, 2.75) is 25.4 Å². The van der Waals surface area contributed by atoms with E-state index >= 15 is 0 Å². The molecule has 1 aromatic heterocycles. The van der Waals surface area contributed by atoms with Crippen LogP contribution in [0.2, 0.25) is 0 Å². The van der Waals surface area contributed by atoms with Gasteiger partial charge < -0.3 is 10.6 Å². The molecule has 2 amide bonds. The molecular formula is C19H22N4O2. The molecule has 2 N–H and O–H groups in total. The summed E-state index contributed by atoms with van der Waals surface area (Å²) in [6, 6.07) is 12.9. The molecule has 0 spiro atoms. The highest BCUT2D eigenvalue weighted by molar-refractivity contribution is 6.39. The van der Waals surface area contributed by atoms with Crippen molar-refractivity contribution in [3.8, 4) is 0 Å². The number of pyridine rings is 1. The van der Waals surface area contributed by atoms with Crippen LogP contribution < -0.4 is 10.6 Å². The van der Waals surface area contributed by atoms with Crippen LogP contribution in [0.1, 0.15) is 18.4 Å². The summed E-state index contributed by atoms with van der Waals surface area (Å²) in [5, 5.41) is 5.46. The number of aromatic nitrogens is 1. The normalized spacial score (nSPS) is 17.7. The van der Waals surface area contributed by atoms with Gasteiger partial charge in [0.25, 0.3) is 0 Å². The van der Waals surface area contributed by atoms with Gasteiger partial charge >= 0.3 is 11.8 Å². The lowest BCUT2D eigenvalue weighted by Gasteiger charge is -2.32. The summed E-state index contributed by atoms with van der Waals surface area (Å²) in [4.78, 5) is 30.6. The van der Waals surface area contributed by atoms with Crippen LogP contribution in [0.4, 0.5) is 5.69 Å². The molecule has 0 saturated carbocycles. The number of rotatable bonds is 4.